The highest BCUT2D eigenvalue weighted by Gasteiger charge is 2.50. The van der Waals surface area contributed by atoms with Crippen molar-refractivity contribution in [1.29, 1.82) is 0 Å². The van der Waals surface area contributed by atoms with Crippen LogP contribution in [0.5, 0.6) is 0 Å². The van der Waals surface area contributed by atoms with Gasteiger partial charge in [-0.1, -0.05) is 97.1 Å². The summed E-state index contributed by atoms with van der Waals surface area (Å²) in [6, 6.07) is 43.3. The first-order valence-corrected chi connectivity index (χ1v) is 10.2. The highest BCUT2D eigenvalue weighted by atomic mass is 15.5. The third kappa shape index (κ3) is 2.89. The van der Waals surface area contributed by atoms with Crippen molar-refractivity contribution in [3.8, 4) is 0 Å². The molecule has 1 aliphatic rings. The van der Waals surface area contributed by atoms with E-state index in [-0.39, 0.29) is 0 Å². The lowest BCUT2D eigenvalue weighted by molar-refractivity contribution is 0.538. The summed E-state index contributed by atoms with van der Waals surface area (Å²) in [5, 5.41) is 0. The number of hydrogen-bond acceptors (Lipinski definition) is 2. The van der Waals surface area contributed by atoms with E-state index in [9.17, 15) is 0 Å². The second-order valence-electron chi connectivity index (χ2n) is 7.38. The van der Waals surface area contributed by atoms with Crippen LogP contribution in [0.2, 0.25) is 0 Å². The van der Waals surface area contributed by atoms with Crippen LogP contribution in [0.25, 0.3) is 0 Å². The van der Waals surface area contributed by atoms with E-state index in [0.717, 1.165) is 13.1 Å². The summed E-state index contributed by atoms with van der Waals surface area (Å²) in [5.41, 5.74) is 4.61. The van der Waals surface area contributed by atoms with Crippen LogP contribution in [0.4, 0.5) is 11.4 Å². The zero-order valence-electron chi connectivity index (χ0n) is 16.4. The van der Waals surface area contributed by atoms with Gasteiger partial charge in [0.2, 0.25) is 0 Å². The first-order chi connectivity index (χ1) is 14.4. The first kappa shape index (κ1) is 17.6. The van der Waals surface area contributed by atoms with Crippen molar-refractivity contribution in [3.63, 3.8) is 0 Å². The highest BCUT2D eigenvalue weighted by Crippen LogP contribution is 2.47. The third-order valence-electron chi connectivity index (χ3n) is 5.82. The van der Waals surface area contributed by atoms with E-state index in [1.54, 1.807) is 0 Å². The smallest absolute Gasteiger partial charge is 0.166 e. The number of benzene rings is 4. The lowest BCUT2D eigenvalue weighted by Gasteiger charge is -2.46. The van der Waals surface area contributed by atoms with Crippen molar-refractivity contribution in [1.82, 2.24) is 0 Å². The fourth-order valence-corrected chi connectivity index (χ4v) is 4.65. The van der Waals surface area contributed by atoms with Gasteiger partial charge in [0, 0.05) is 35.6 Å². The van der Waals surface area contributed by atoms with Crippen LogP contribution >= 0.6 is 0 Å². The Morgan fingerprint density at radius 3 is 1.07 bits per heavy atom. The predicted octanol–water partition coefficient (Wildman–Crippen LogP) is 5.91. The van der Waals surface area contributed by atoms with E-state index >= 15 is 0 Å². The summed E-state index contributed by atoms with van der Waals surface area (Å²) in [6.07, 6.45) is 0. The molecule has 0 spiro atoms. The topological polar surface area (TPSA) is 6.48 Å². The minimum atomic E-state index is -0.411. The number of hydrogen-bond donors (Lipinski definition) is 0. The molecule has 1 saturated heterocycles. The molecule has 0 aliphatic carbocycles. The van der Waals surface area contributed by atoms with Crippen LogP contribution in [0.3, 0.4) is 0 Å². The molecule has 2 nitrogen and oxygen atoms in total. The van der Waals surface area contributed by atoms with Crippen LogP contribution in [0.15, 0.2) is 121 Å². The van der Waals surface area contributed by atoms with E-state index in [0.29, 0.717) is 0 Å². The van der Waals surface area contributed by atoms with Gasteiger partial charge in [0.25, 0.3) is 0 Å². The normalized spacial score (nSPS) is 15.4. The van der Waals surface area contributed by atoms with E-state index < -0.39 is 5.66 Å². The average Bonchev–Trinajstić information content (AvgIpc) is 3.23. The minimum absolute atomic E-state index is 0.411. The molecule has 0 N–H and O–H groups in total. The molecule has 2 heteroatoms. The molecule has 5 rings (SSSR count). The second kappa shape index (κ2) is 7.48. The Morgan fingerprint density at radius 1 is 0.414 bits per heavy atom. The van der Waals surface area contributed by atoms with Gasteiger partial charge in [-0.3, -0.25) is 0 Å². The van der Waals surface area contributed by atoms with Gasteiger partial charge >= 0.3 is 0 Å². The van der Waals surface area contributed by atoms with Crippen LogP contribution < -0.4 is 9.80 Å². The SMILES string of the molecule is c1ccc(N2CCN(c3ccccc3)C2(c2ccccc2)c2ccccc2)cc1. The van der Waals surface area contributed by atoms with Gasteiger partial charge in [-0.05, 0) is 24.3 Å². The van der Waals surface area contributed by atoms with E-state index in [4.69, 9.17) is 0 Å². The van der Waals surface area contributed by atoms with Crippen molar-refractivity contribution in [2.45, 2.75) is 5.66 Å². The highest BCUT2D eigenvalue weighted by molar-refractivity contribution is 5.67. The van der Waals surface area contributed by atoms with E-state index in [1.165, 1.54) is 22.5 Å². The summed E-state index contributed by atoms with van der Waals surface area (Å²) in [6.45, 7) is 1.89. The fraction of sp³-hybridized carbons (Fsp3) is 0.111. The van der Waals surface area contributed by atoms with Gasteiger partial charge in [0.1, 0.15) is 0 Å². The van der Waals surface area contributed by atoms with E-state index in [2.05, 4.69) is 131 Å². The molecular formula is C27H24N2. The number of rotatable bonds is 4. The Bertz CT molecular complexity index is 958. The Labute approximate surface area is 172 Å². The minimum Gasteiger partial charge on any atom is -0.339 e. The Balaban J connectivity index is 1.81. The summed E-state index contributed by atoms with van der Waals surface area (Å²) >= 11 is 0. The molecule has 1 heterocycles. The van der Waals surface area contributed by atoms with Gasteiger partial charge in [-0.15, -0.1) is 0 Å². The Hall–Kier alpha value is -3.52. The predicted molar refractivity (Wildman–Crippen MR) is 121 cm³/mol. The first-order valence-electron chi connectivity index (χ1n) is 10.2. The lowest BCUT2D eigenvalue weighted by Crippen LogP contribution is -2.52. The van der Waals surface area contributed by atoms with Gasteiger partial charge < -0.3 is 9.80 Å². The Morgan fingerprint density at radius 2 is 0.724 bits per heavy atom. The quantitative estimate of drug-likeness (QED) is 0.436. The maximum absolute atomic E-state index is 2.55. The van der Waals surface area contributed by atoms with Crippen LogP contribution in [0, 0.1) is 0 Å². The zero-order chi connectivity index (χ0) is 19.5. The zero-order valence-corrected chi connectivity index (χ0v) is 16.4. The monoisotopic (exact) mass is 376 g/mol. The summed E-state index contributed by atoms with van der Waals surface area (Å²) in [5.74, 6) is 0. The second-order valence-corrected chi connectivity index (χ2v) is 7.38. The van der Waals surface area contributed by atoms with Gasteiger partial charge in [-0.25, -0.2) is 0 Å². The molecule has 4 aromatic rings. The van der Waals surface area contributed by atoms with Gasteiger partial charge in [0.05, 0.1) is 0 Å². The molecule has 0 aromatic heterocycles. The van der Waals surface area contributed by atoms with Crippen LogP contribution in [-0.4, -0.2) is 13.1 Å². The maximum atomic E-state index is 2.55. The molecule has 0 unspecified atom stereocenters. The molecule has 29 heavy (non-hydrogen) atoms. The number of para-hydroxylation sites is 2. The number of nitrogens with zero attached hydrogens (tertiary/aromatic N) is 2. The van der Waals surface area contributed by atoms with Crippen molar-refractivity contribution in [3.05, 3.63) is 132 Å². The summed E-state index contributed by atoms with van der Waals surface area (Å²) in [4.78, 5) is 5.09. The summed E-state index contributed by atoms with van der Waals surface area (Å²) < 4.78 is 0. The van der Waals surface area contributed by atoms with Crippen molar-refractivity contribution in [2.24, 2.45) is 0 Å². The van der Waals surface area contributed by atoms with Gasteiger partial charge in [0.15, 0.2) is 5.66 Å². The maximum Gasteiger partial charge on any atom is 0.166 e. The molecule has 0 atom stereocenters. The van der Waals surface area contributed by atoms with Crippen molar-refractivity contribution >= 4 is 11.4 Å². The average molecular weight is 377 g/mol. The molecule has 0 radical (unpaired) electrons. The molecule has 1 fully saturated rings. The fourth-order valence-electron chi connectivity index (χ4n) is 4.65. The molecule has 142 valence electrons. The largest absolute Gasteiger partial charge is 0.339 e. The Kier molecular flexibility index (Phi) is 4.53. The van der Waals surface area contributed by atoms with Crippen molar-refractivity contribution < 1.29 is 0 Å². The standard InChI is InChI=1S/C27H24N2/c1-5-13-23(14-6-1)27(24-15-7-2-8-16-24)28(25-17-9-3-10-18-25)21-22-29(27)26-19-11-4-12-20-26/h1-20H,21-22H2. The van der Waals surface area contributed by atoms with Crippen LogP contribution in [0.1, 0.15) is 11.1 Å². The van der Waals surface area contributed by atoms with Gasteiger partial charge in [-0.2, -0.15) is 0 Å². The molecule has 0 amide bonds. The van der Waals surface area contributed by atoms with E-state index in [1.807, 2.05) is 0 Å². The molecule has 0 saturated carbocycles. The molecule has 4 aromatic carbocycles. The lowest BCUT2D eigenvalue weighted by atomic mass is 9.88. The summed E-state index contributed by atoms with van der Waals surface area (Å²) in [7, 11) is 0. The van der Waals surface area contributed by atoms with Crippen molar-refractivity contribution in [2.75, 3.05) is 22.9 Å². The third-order valence-corrected chi connectivity index (χ3v) is 5.82. The molecule has 0 bridgehead atoms. The molecule has 1 aliphatic heterocycles. The molecular weight excluding hydrogens is 352 g/mol. The number of anilines is 2. The van der Waals surface area contributed by atoms with Crippen LogP contribution in [-0.2, 0) is 5.66 Å².